The molecule has 1 heterocycles. The van der Waals surface area contributed by atoms with Crippen molar-refractivity contribution in [3.05, 3.63) is 77.6 Å². The largest absolute Gasteiger partial charge is 0.339 e. The molecule has 24 heavy (non-hydrogen) atoms. The van der Waals surface area contributed by atoms with Crippen LogP contribution in [-0.2, 0) is 11.2 Å². The van der Waals surface area contributed by atoms with Crippen molar-refractivity contribution in [2.75, 3.05) is 10.6 Å². The standard InChI is InChI=1S/C18H15ClN4O/c19-17-18(23-16(24)11-13-7-3-1-4-8-13)22-15(12-20-17)21-14-9-5-2-6-10-14/h1-10,12H,11H2,(H2,21,22,23,24). The molecule has 1 aromatic heterocycles. The number of carbonyl (C=O) groups is 1. The minimum absolute atomic E-state index is 0.148. The van der Waals surface area contributed by atoms with E-state index in [9.17, 15) is 4.79 Å². The zero-order valence-electron chi connectivity index (χ0n) is 12.7. The third-order valence-corrected chi connectivity index (χ3v) is 3.52. The number of para-hydroxylation sites is 1. The maximum Gasteiger partial charge on any atom is 0.230 e. The van der Waals surface area contributed by atoms with Gasteiger partial charge in [-0.25, -0.2) is 9.97 Å². The minimum Gasteiger partial charge on any atom is -0.339 e. The smallest absolute Gasteiger partial charge is 0.230 e. The number of aromatic nitrogens is 2. The summed E-state index contributed by atoms with van der Waals surface area (Å²) in [4.78, 5) is 20.5. The van der Waals surface area contributed by atoms with Gasteiger partial charge in [0.1, 0.15) is 0 Å². The highest BCUT2D eigenvalue weighted by molar-refractivity contribution is 6.32. The topological polar surface area (TPSA) is 66.9 Å². The van der Waals surface area contributed by atoms with Crippen molar-refractivity contribution >= 4 is 34.8 Å². The van der Waals surface area contributed by atoms with Crippen LogP contribution < -0.4 is 10.6 Å². The molecule has 0 aliphatic rings. The molecule has 2 N–H and O–H groups in total. The molecule has 0 aliphatic carbocycles. The van der Waals surface area contributed by atoms with Crippen molar-refractivity contribution < 1.29 is 4.79 Å². The van der Waals surface area contributed by atoms with Crippen molar-refractivity contribution in [2.45, 2.75) is 6.42 Å². The Labute approximate surface area is 144 Å². The van der Waals surface area contributed by atoms with Crippen LogP contribution in [0.4, 0.5) is 17.3 Å². The van der Waals surface area contributed by atoms with Crippen LogP contribution in [0.2, 0.25) is 5.15 Å². The van der Waals surface area contributed by atoms with E-state index in [1.165, 1.54) is 6.20 Å². The number of anilines is 3. The van der Waals surface area contributed by atoms with Gasteiger partial charge in [-0.05, 0) is 17.7 Å². The fourth-order valence-corrected chi connectivity index (χ4v) is 2.28. The third kappa shape index (κ3) is 4.30. The molecule has 0 fully saturated rings. The van der Waals surface area contributed by atoms with Crippen molar-refractivity contribution in [3.8, 4) is 0 Å². The normalized spacial score (nSPS) is 10.2. The van der Waals surface area contributed by atoms with Gasteiger partial charge in [-0.2, -0.15) is 0 Å². The molecule has 0 unspecified atom stereocenters. The van der Waals surface area contributed by atoms with E-state index in [-0.39, 0.29) is 23.3 Å². The van der Waals surface area contributed by atoms with Gasteiger partial charge in [0.25, 0.3) is 0 Å². The van der Waals surface area contributed by atoms with E-state index in [0.717, 1.165) is 11.3 Å². The second-order valence-corrected chi connectivity index (χ2v) is 5.45. The molecule has 3 aromatic rings. The zero-order valence-corrected chi connectivity index (χ0v) is 13.5. The van der Waals surface area contributed by atoms with Crippen LogP contribution in [0.3, 0.4) is 0 Å². The fraction of sp³-hybridized carbons (Fsp3) is 0.0556. The lowest BCUT2D eigenvalue weighted by Gasteiger charge is -2.09. The number of benzene rings is 2. The van der Waals surface area contributed by atoms with Gasteiger partial charge < -0.3 is 10.6 Å². The molecule has 0 saturated heterocycles. The average Bonchev–Trinajstić information content (AvgIpc) is 2.60. The van der Waals surface area contributed by atoms with Gasteiger partial charge in [-0.15, -0.1) is 0 Å². The van der Waals surface area contributed by atoms with E-state index in [0.29, 0.717) is 5.82 Å². The van der Waals surface area contributed by atoms with Gasteiger partial charge in [0.05, 0.1) is 12.6 Å². The van der Waals surface area contributed by atoms with Gasteiger partial charge in [-0.3, -0.25) is 4.79 Å². The highest BCUT2D eigenvalue weighted by Crippen LogP contribution is 2.21. The molecule has 6 heteroatoms. The van der Waals surface area contributed by atoms with E-state index in [1.54, 1.807) is 0 Å². The van der Waals surface area contributed by atoms with Crippen molar-refractivity contribution in [1.82, 2.24) is 9.97 Å². The first-order valence-corrected chi connectivity index (χ1v) is 7.77. The summed E-state index contributed by atoms with van der Waals surface area (Å²) in [6, 6.07) is 19.0. The quantitative estimate of drug-likeness (QED) is 0.736. The van der Waals surface area contributed by atoms with E-state index >= 15 is 0 Å². The highest BCUT2D eigenvalue weighted by Gasteiger charge is 2.10. The predicted molar refractivity (Wildman–Crippen MR) is 95.5 cm³/mol. The number of nitrogens with one attached hydrogen (secondary N) is 2. The Morgan fingerprint density at radius 3 is 2.38 bits per heavy atom. The molecular formula is C18H15ClN4O. The lowest BCUT2D eigenvalue weighted by molar-refractivity contribution is -0.115. The van der Waals surface area contributed by atoms with Crippen molar-refractivity contribution in [3.63, 3.8) is 0 Å². The summed E-state index contributed by atoms with van der Waals surface area (Å²) in [7, 11) is 0. The van der Waals surface area contributed by atoms with Crippen LogP contribution in [0.5, 0.6) is 0 Å². The summed E-state index contributed by atoms with van der Waals surface area (Å²) in [6.45, 7) is 0. The summed E-state index contributed by atoms with van der Waals surface area (Å²) < 4.78 is 0. The van der Waals surface area contributed by atoms with Gasteiger partial charge in [0.15, 0.2) is 16.8 Å². The second kappa shape index (κ2) is 7.57. The Morgan fingerprint density at radius 2 is 1.67 bits per heavy atom. The van der Waals surface area contributed by atoms with Gasteiger partial charge >= 0.3 is 0 Å². The van der Waals surface area contributed by atoms with Gasteiger partial charge in [-0.1, -0.05) is 60.1 Å². The number of halogens is 1. The number of amides is 1. The van der Waals surface area contributed by atoms with E-state index in [4.69, 9.17) is 11.6 Å². The SMILES string of the molecule is O=C(Cc1ccccc1)Nc1nc(Nc2ccccc2)cnc1Cl. The molecule has 1 amide bonds. The fourth-order valence-electron chi connectivity index (χ4n) is 2.14. The monoisotopic (exact) mass is 338 g/mol. The molecule has 0 saturated carbocycles. The molecule has 5 nitrogen and oxygen atoms in total. The Morgan fingerprint density at radius 1 is 1.00 bits per heavy atom. The average molecular weight is 339 g/mol. The summed E-state index contributed by atoms with van der Waals surface area (Å²) in [6.07, 6.45) is 1.76. The van der Waals surface area contributed by atoms with Crippen LogP contribution in [0.25, 0.3) is 0 Å². The van der Waals surface area contributed by atoms with Gasteiger partial charge in [0, 0.05) is 5.69 Å². The summed E-state index contributed by atoms with van der Waals surface area (Å²) in [5.74, 6) is 0.536. The van der Waals surface area contributed by atoms with Crippen LogP contribution in [-0.4, -0.2) is 15.9 Å². The molecular weight excluding hydrogens is 324 g/mol. The van der Waals surface area contributed by atoms with Crippen LogP contribution in [0, 0.1) is 0 Å². The van der Waals surface area contributed by atoms with Crippen LogP contribution in [0.15, 0.2) is 66.9 Å². The molecule has 2 aromatic carbocycles. The highest BCUT2D eigenvalue weighted by atomic mass is 35.5. The summed E-state index contributed by atoms with van der Waals surface area (Å²) in [5, 5.41) is 5.96. The number of hydrogen-bond acceptors (Lipinski definition) is 4. The molecule has 0 aliphatic heterocycles. The van der Waals surface area contributed by atoms with Crippen LogP contribution >= 0.6 is 11.6 Å². The third-order valence-electron chi connectivity index (χ3n) is 3.24. The summed E-state index contributed by atoms with van der Waals surface area (Å²) >= 11 is 6.03. The molecule has 120 valence electrons. The number of hydrogen-bond donors (Lipinski definition) is 2. The first-order valence-electron chi connectivity index (χ1n) is 7.39. The van der Waals surface area contributed by atoms with Gasteiger partial charge in [0.2, 0.25) is 5.91 Å². The van der Waals surface area contributed by atoms with E-state index in [2.05, 4.69) is 20.6 Å². The van der Waals surface area contributed by atoms with Crippen LogP contribution in [0.1, 0.15) is 5.56 Å². The Balaban J connectivity index is 1.71. The molecule has 3 rings (SSSR count). The molecule has 0 atom stereocenters. The minimum atomic E-state index is -0.200. The predicted octanol–water partition coefficient (Wildman–Crippen LogP) is 4.05. The molecule has 0 bridgehead atoms. The number of nitrogens with zero attached hydrogens (tertiary/aromatic N) is 2. The maximum absolute atomic E-state index is 12.1. The van der Waals surface area contributed by atoms with E-state index in [1.807, 2.05) is 60.7 Å². The van der Waals surface area contributed by atoms with E-state index < -0.39 is 0 Å². The Hall–Kier alpha value is -2.92. The lowest BCUT2D eigenvalue weighted by Crippen LogP contribution is -2.16. The molecule has 0 radical (unpaired) electrons. The molecule has 0 spiro atoms. The second-order valence-electron chi connectivity index (χ2n) is 5.10. The van der Waals surface area contributed by atoms with Crippen molar-refractivity contribution in [2.24, 2.45) is 0 Å². The lowest BCUT2D eigenvalue weighted by atomic mass is 10.1. The number of rotatable bonds is 5. The summed E-state index contributed by atoms with van der Waals surface area (Å²) in [5.41, 5.74) is 1.79. The first-order chi connectivity index (χ1) is 11.7. The Kier molecular flexibility index (Phi) is 5.03. The van der Waals surface area contributed by atoms with Crippen molar-refractivity contribution in [1.29, 1.82) is 0 Å². The Bertz CT molecular complexity index is 825. The first kappa shape index (κ1) is 16.0. The maximum atomic E-state index is 12.1. The zero-order chi connectivity index (χ0) is 16.8. The number of carbonyl (C=O) groups excluding carboxylic acids is 1.